The van der Waals surface area contributed by atoms with Gasteiger partial charge in [0.1, 0.15) is 0 Å². The van der Waals surface area contributed by atoms with Crippen molar-refractivity contribution in [2.45, 2.75) is 54.4 Å². The maximum Gasteiger partial charge on any atom is 0.0494 e. The molecule has 0 aliphatic heterocycles. The van der Waals surface area contributed by atoms with Crippen molar-refractivity contribution in [3.05, 3.63) is 33.5 Å². The number of aryl methyl sites for hydroxylation is 4. The minimum Gasteiger partial charge on any atom is -0.358 e. The first-order valence-electron chi connectivity index (χ1n) is 6.44. The van der Waals surface area contributed by atoms with E-state index in [2.05, 4.69) is 53.5 Å². The second-order valence-electron chi connectivity index (χ2n) is 5.57. The van der Waals surface area contributed by atoms with Crippen LogP contribution in [0.1, 0.15) is 53.3 Å². The van der Waals surface area contributed by atoms with E-state index in [1.165, 1.54) is 44.4 Å². The van der Waals surface area contributed by atoms with Crippen LogP contribution in [-0.2, 0) is 0 Å². The first-order chi connectivity index (χ1) is 7.86. The van der Waals surface area contributed by atoms with Crippen LogP contribution in [0.2, 0.25) is 0 Å². The standard InChI is InChI=1S/C16H23N/c1-8(2)14-9(3)10(4)16-15(12(14)6)11(5)13(7)17-16/h8,17H,1-7H3. The lowest BCUT2D eigenvalue weighted by atomic mass is 9.87. The van der Waals surface area contributed by atoms with E-state index < -0.39 is 0 Å². The molecule has 0 saturated heterocycles. The summed E-state index contributed by atoms with van der Waals surface area (Å²) >= 11 is 0. The third kappa shape index (κ3) is 1.60. The summed E-state index contributed by atoms with van der Waals surface area (Å²) in [6.45, 7) is 15.7. The Morgan fingerprint density at radius 1 is 0.765 bits per heavy atom. The van der Waals surface area contributed by atoms with E-state index in [1.54, 1.807) is 0 Å². The van der Waals surface area contributed by atoms with Gasteiger partial charge < -0.3 is 4.98 Å². The molecule has 0 amide bonds. The van der Waals surface area contributed by atoms with E-state index in [-0.39, 0.29) is 0 Å². The van der Waals surface area contributed by atoms with Gasteiger partial charge in [0.25, 0.3) is 0 Å². The Bertz CT molecular complexity index is 586. The Kier molecular flexibility index (Phi) is 2.81. The molecule has 0 saturated carbocycles. The molecule has 0 spiro atoms. The first kappa shape index (κ1) is 12.2. The van der Waals surface area contributed by atoms with Gasteiger partial charge in [0.05, 0.1) is 0 Å². The lowest BCUT2D eigenvalue weighted by Gasteiger charge is -2.18. The molecule has 0 aliphatic rings. The fraction of sp³-hybridized carbons (Fsp3) is 0.500. The molecule has 2 rings (SSSR count). The van der Waals surface area contributed by atoms with E-state index in [0.29, 0.717) is 5.92 Å². The zero-order valence-electron chi connectivity index (χ0n) is 12.1. The lowest BCUT2D eigenvalue weighted by molar-refractivity contribution is 0.847. The molecular weight excluding hydrogens is 206 g/mol. The number of hydrogen-bond acceptors (Lipinski definition) is 0. The van der Waals surface area contributed by atoms with Crippen molar-refractivity contribution in [1.82, 2.24) is 4.98 Å². The van der Waals surface area contributed by atoms with E-state index in [4.69, 9.17) is 0 Å². The molecule has 1 heteroatoms. The SMILES string of the molecule is Cc1[nH]c2c(C)c(C)c(C(C)C)c(C)c2c1C. The third-order valence-electron chi connectivity index (χ3n) is 4.20. The quantitative estimate of drug-likeness (QED) is 0.720. The highest BCUT2D eigenvalue weighted by molar-refractivity contribution is 5.92. The van der Waals surface area contributed by atoms with Crippen molar-refractivity contribution in [3.8, 4) is 0 Å². The fourth-order valence-corrected chi connectivity index (χ4v) is 3.14. The van der Waals surface area contributed by atoms with Crippen molar-refractivity contribution in [3.63, 3.8) is 0 Å². The van der Waals surface area contributed by atoms with Crippen LogP contribution in [0.15, 0.2) is 0 Å². The van der Waals surface area contributed by atoms with Gasteiger partial charge in [0.2, 0.25) is 0 Å². The highest BCUT2D eigenvalue weighted by Crippen LogP contribution is 2.35. The predicted octanol–water partition coefficient (Wildman–Crippen LogP) is 4.83. The highest BCUT2D eigenvalue weighted by Gasteiger charge is 2.17. The topological polar surface area (TPSA) is 15.8 Å². The summed E-state index contributed by atoms with van der Waals surface area (Å²) in [5.41, 5.74) is 9.88. The average molecular weight is 229 g/mol. The van der Waals surface area contributed by atoms with Crippen molar-refractivity contribution in [2.75, 3.05) is 0 Å². The Labute approximate surface area is 104 Å². The smallest absolute Gasteiger partial charge is 0.0494 e. The summed E-state index contributed by atoms with van der Waals surface area (Å²) in [6.07, 6.45) is 0. The number of nitrogens with one attached hydrogen (secondary N) is 1. The van der Waals surface area contributed by atoms with Gasteiger partial charge >= 0.3 is 0 Å². The molecule has 92 valence electrons. The second kappa shape index (κ2) is 3.90. The Morgan fingerprint density at radius 2 is 1.35 bits per heavy atom. The molecule has 2 aromatic rings. The molecule has 1 nitrogen and oxygen atoms in total. The maximum absolute atomic E-state index is 3.54. The summed E-state index contributed by atoms with van der Waals surface area (Å²) in [5, 5.41) is 1.44. The van der Waals surface area contributed by atoms with Crippen LogP contribution in [0, 0.1) is 34.6 Å². The third-order valence-corrected chi connectivity index (χ3v) is 4.20. The minimum atomic E-state index is 0.590. The maximum atomic E-state index is 3.54. The number of aromatic nitrogens is 1. The van der Waals surface area contributed by atoms with Gasteiger partial charge in [0.15, 0.2) is 0 Å². The Balaban J connectivity index is 3.01. The Morgan fingerprint density at radius 3 is 1.88 bits per heavy atom. The molecular formula is C16H23N. The fourth-order valence-electron chi connectivity index (χ4n) is 3.14. The molecule has 0 radical (unpaired) electrons. The Hall–Kier alpha value is -1.24. The van der Waals surface area contributed by atoms with Gasteiger partial charge in [-0.15, -0.1) is 0 Å². The van der Waals surface area contributed by atoms with Crippen molar-refractivity contribution in [1.29, 1.82) is 0 Å². The number of fused-ring (bicyclic) bond motifs is 1. The van der Waals surface area contributed by atoms with Crippen LogP contribution in [0.25, 0.3) is 10.9 Å². The molecule has 0 aliphatic carbocycles. The molecule has 17 heavy (non-hydrogen) atoms. The summed E-state index contributed by atoms with van der Waals surface area (Å²) in [5.74, 6) is 0.590. The summed E-state index contributed by atoms with van der Waals surface area (Å²) in [4.78, 5) is 3.54. The lowest BCUT2D eigenvalue weighted by Crippen LogP contribution is -2.00. The summed E-state index contributed by atoms with van der Waals surface area (Å²) in [6, 6.07) is 0. The predicted molar refractivity (Wildman–Crippen MR) is 76.1 cm³/mol. The van der Waals surface area contributed by atoms with Crippen molar-refractivity contribution >= 4 is 10.9 Å². The van der Waals surface area contributed by atoms with E-state index in [9.17, 15) is 0 Å². The van der Waals surface area contributed by atoms with Crippen LogP contribution >= 0.6 is 0 Å². The number of hydrogen-bond donors (Lipinski definition) is 1. The summed E-state index contributed by atoms with van der Waals surface area (Å²) < 4.78 is 0. The molecule has 0 unspecified atom stereocenters. The average Bonchev–Trinajstić information content (AvgIpc) is 2.52. The van der Waals surface area contributed by atoms with Gasteiger partial charge in [0, 0.05) is 16.6 Å². The molecule has 1 N–H and O–H groups in total. The molecule has 1 aromatic carbocycles. The normalized spacial score (nSPS) is 11.8. The zero-order valence-corrected chi connectivity index (χ0v) is 12.1. The largest absolute Gasteiger partial charge is 0.358 e. The number of rotatable bonds is 1. The van der Waals surface area contributed by atoms with E-state index in [0.717, 1.165) is 0 Å². The molecule has 0 fully saturated rings. The van der Waals surface area contributed by atoms with Crippen LogP contribution in [0.4, 0.5) is 0 Å². The highest BCUT2D eigenvalue weighted by atomic mass is 14.7. The van der Waals surface area contributed by atoms with Crippen molar-refractivity contribution in [2.24, 2.45) is 0 Å². The summed E-state index contributed by atoms with van der Waals surface area (Å²) in [7, 11) is 0. The van der Waals surface area contributed by atoms with Crippen LogP contribution in [-0.4, -0.2) is 4.98 Å². The van der Waals surface area contributed by atoms with Gasteiger partial charge in [-0.3, -0.25) is 0 Å². The zero-order chi connectivity index (χ0) is 12.9. The van der Waals surface area contributed by atoms with E-state index in [1.807, 2.05) is 0 Å². The monoisotopic (exact) mass is 229 g/mol. The minimum absolute atomic E-state index is 0.590. The molecule has 1 aromatic heterocycles. The number of H-pyrrole nitrogens is 1. The second-order valence-corrected chi connectivity index (χ2v) is 5.57. The van der Waals surface area contributed by atoms with Crippen molar-refractivity contribution < 1.29 is 0 Å². The first-order valence-corrected chi connectivity index (χ1v) is 6.44. The molecule has 0 bridgehead atoms. The number of aromatic amines is 1. The van der Waals surface area contributed by atoms with Crippen LogP contribution in [0.5, 0.6) is 0 Å². The van der Waals surface area contributed by atoms with Gasteiger partial charge in [-0.25, -0.2) is 0 Å². The van der Waals surface area contributed by atoms with Gasteiger partial charge in [-0.1, -0.05) is 13.8 Å². The molecule has 0 atom stereocenters. The van der Waals surface area contributed by atoms with Crippen LogP contribution in [0.3, 0.4) is 0 Å². The number of benzene rings is 1. The molecule has 1 heterocycles. The van der Waals surface area contributed by atoms with Gasteiger partial charge in [-0.05, 0) is 68.4 Å². The van der Waals surface area contributed by atoms with Gasteiger partial charge in [-0.2, -0.15) is 0 Å². The van der Waals surface area contributed by atoms with E-state index >= 15 is 0 Å². The van der Waals surface area contributed by atoms with Crippen LogP contribution < -0.4 is 0 Å².